The van der Waals surface area contributed by atoms with Crippen molar-refractivity contribution in [2.45, 2.75) is 30.9 Å². The van der Waals surface area contributed by atoms with Crippen LogP contribution in [-0.4, -0.2) is 72.5 Å². The number of sulfonamides is 1. The fourth-order valence-corrected chi connectivity index (χ4v) is 6.19. The summed E-state index contributed by atoms with van der Waals surface area (Å²) in [6, 6.07) is 13.3. The van der Waals surface area contributed by atoms with Gasteiger partial charge in [0.05, 0.1) is 13.2 Å². The molecule has 4 rings (SSSR count). The number of likely N-dealkylation sites (N-methyl/N-ethyl adjacent to an activating group) is 1. The number of aliphatic hydroxyl groups excluding tert-OH is 1. The van der Waals surface area contributed by atoms with Crippen molar-refractivity contribution in [1.29, 1.82) is 0 Å². The molecule has 0 spiro atoms. The van der Waals surface area contributed by atoms with Crippen molar-refractivity contribution in [3.63, 3.8) is 0 Å². The minimum atomic E-state index is -3.99. The average molecular weight is 528 g/mol. The molecule has 1 aromatic heterocycles. The summed E-state index contributed by atoms with van der Waals surface area (Å²) in [6.45, 7) is 3.36. The van der Waals surface area contributed by atoms with Gasteiger partial charge in [-0.1, -0.05) is 19.1 Å². The number of hydrogen-bond acceptors (Lipinski definition) is 6. The second-order valence-electron chi connectivity index (χ2n) is 9.33. The standard InChI is InChI=1S/C27H30FN3O5S/c1-18-15-31(19(2)17-32)37(34,35)26-8-7-21(20-9-11-29-12-10-20)14-24(26)36-25(18)16-30(3)27(33)22-5-4-6-23(28)13-22/h4-14,18-19,25,32H,15-17H2,1-3H3/t18-,19-,25+/m1/s1. The summed E-state index contributed by atoms with van der Waals surface area (Å²) in [5, 5.41) is 9.81. The first-order valence-corrected chi connectivity index (χ1v) is 13.4. The van der Waals surface area contributed by atoms with Gasteiger partial charge in [0.15, 0.2) is 0 Å². The first-order valence-electron chi connectivity index (χ1n) is 12.0. The molecule has 3 aromatic rings. The van der Waals surface area contributed by atoms with Crippen LogP contribution in [-0.2, 0) is 10.0 Å². The summed E-state index contributed by atoms with van der Waals surface area (Å²) >= 11 is 0. The Kier molecular flexibility index (Phi) is 7.91. The molecule has 2 heterocycles. The van der Waals surface area contributed by atoms with Gasteiger partial charge in [-0.05, 0) is 60.5 Å². The van der Waals surface area contributed by atoms with Crippen LogP contribution in [0.15, 0.2) is 71.9 Å². The summed E-state index contributed by atoms with van der Waals surface area (Å²) in [7, 11) is -2.39. The van der Waals surface area contributed by atoms with Crippen LogP contribution in [0.3, 0.4) is 0 Å². The van der Waals surface area contributed by atoms with Crippen LogP contribution in [0, 0.1) is 11.7 Å². The topological polar surface area (TPSA) is 100 Å². The third kappa shape index (κ3) is 5.66. The smallest absolute Gasteiger partial charge is 0.253 e. The average Bonchev–Trinajstić information content (AvgIpc) is 2.90. The zero-order valence-corrected chi connectivity index (χ0v) is 21.7. The summed E-state index contributed by atoms with van der Waals surface area (Å²) in [6.07, 6.45) is 2.70. The van der Waals surface area contributed by atoms with Gasteiger partial charge in [0.1, 0.15) is 22.6 Å². The molecule has 10 heteroatoms. The van der Waals surface area contributed by atoms with Crippen LogP contribution in [0.5, 0.6) is 5.75 Å². The molecule has 0 saturated heterocycles. The number of aliphatic hydroxyl groups is 1. The first-order chi connectivity index (χ1) is 17.6. The minimum absolute atomic E-state index is 0.0124. The van der Waals surface area contributed by atoms with Gasteiger partial charge in [-0.3, -0.25) is 9.78 Å². The SMILES string of the molecule is C[C@@H]1CN([C@H](C)CO)S(=O)(=O)c2ccc(-c3ccncc3)cc2O[C@H]1CN(C)C(=O)c1cccc(F)c1. The highest BCUT2D eigenvalue weighted by Gasteiger charge is 2.38. The van der Waals surface area contributed by atoms with Crippen LogP contribution < -0.4 is 4.74 Å². The minimum Gasteiger partial charge on any atom is -0.487 e. The van der Waals surface area contributed by atoms with Crippen molar-refractivity contribution >= 4 is 15.9 Å². The van der Waals surface area contributed by atoms with Crippen LogP contribution in [0.2, 0.25) is 0 Å². The molecule has 1 aliphatic rings. The molecule has 0 radical (unpaired) electrons. The number of benzene rings is 2. The number of nitrogens with zero attached hydrogens (tertiary/aromatic N) is 3. The van der Waals surface area contributed by atoms with Gasteiger partial charge in [-0.2, -0.15) is 4.31 Å². The fourth-order valence-electron chi connectivity index (χ4n) is 4.36. The molecular formula is C27H30FN3O5S. The van der Waals surface area contributed by atoms with E-state index in [1.54, 1.807) is 38.5 Å². The molecule has 1 aliphatic heterocycles. The summed E-state index contributed by atoms with van der Waals surface area (Å²) in [5.74, 6) is -1.07. The van der Waals surface area contributed by atoms with E-state index in [0.29, 0.717) is 0 Å². The molecule has 0 unspecified atom stereocenters. The Bertz CT molecular complexity index is 1370. The van der Waals surface area contributed by atoms with Crippen molar-refractivity contribution < 1.29 is 27.4 Å². The maximum Gasteiger partial charge on any atom is 0.253 e. The molecule has 0 fully saturated rings. The molecule has 0 bridgehead atoms. The Morgan fingerprint density at radius 3 is 2.59 bits per heavy atom. The van der Waals surface area contributed by atoms with Crippen molar-refractivity contribution in [3.05, 3.63) is 78.4 Å². The van der Waals surface area contributed by atoms with Crippen LogP contribution in [0.1, 0.15) is 24.2 Å². The molecule has 1 amide bonds. The zero-order valence-electron chi connectivity index (χ0n) is 20.9. The Morgan fingerprint density at radius 2 is 1.92 bits per heavy atom. The van der Waals surface area contributed by atoms with Crippen LogP contribution in [0.4, 0.5) is 4.39 Å². The zero-order chi connectivity index (χ0) is 26.7. The van der Waals surface area contributed by atoms with E-state index in [2.05, 4.69) is 4.98 Å². The van der Waals surface area contributed by atoms with Gasteiger partial charge >= 0.3 is 0 Å². The van der Waals surface area contributed by atoms with E-state index >= 15 is 0 Å². The van der Waals surface area contributed by atoms with Crippen molar-refractivity contribution in [2.75, 3.05) is 26.7 Å². The van der Waals surface area contributed by atoms with Gasteiger partial charge < -0.3 is 14.7 Å². The number of amides is 1. The first kappa shape index (κ1) is 26.7. The maximum atomic E-state index is 13.7. The highest BCUT2D eigenvalue weighted by Crippen LogP contribution is 2.36. The van der Waals surface area contributed by atoms with Crippen LogP contribution in [0.25, 0.3) is 11.1 Å². The summed E-state index contributed by atoms with van der Waals surface area (Å²) in [5.41, 5.74) is 1.79. The number of pyridine rings is 1. The van der Waals surface area contributed by atoms with Gasteiger partial charge in [-0.25, -0.2) is 12.8 Å². The predicted molar refractivity (Wildman–Crippen MR) is 137 cm³/mol. The summed E-state index contributed by atoms with van der Waals surface area (Å²) in [4.78, 5) is 18.5. The lowest BCUT2D eigenvalue weighted by atomic mass is 10.0. The van der Waals surface area contributed by atoms with E-state index in [9.17, 15) is 22.7 Å². The Morgan fingerprint density at radius 1 is 1.19 bits per heavy atom. The third-order valence-electron chi connectivity index (χ3n) is 6.55. The maximum absolute atomic E-state index is 13.7. The summed E-state index contributed by atoms with van der Waals surface area (Å²) < 4.78 is 48.6. The number of fused-ring (bicyclic) bond motifs is 1. The van der Waals surface area contributed by atoms with E-state index in [0.717, 1.165) is 11.1 Å². The van der Waals surface area contributed by atoms with E-state index in [-0.39, 0.29) is 47.7 Å². The molecule has 0 aliphatic carbocycles. The molecule has 1 N–H and O–H groups in total. The number of ether oxygens (including phenoxy) is 1. The number of rotatable bonds is 6. The van der Waals surface area contributed by atoms with E-state index in [4.69, 9.17) is 4.74 Å². The number of carbonyl (C=O) groups excluding carboxylic acids is 1. The lowest BCUT2D eigenvalue weighted by Gasteiger charge is -2.37. The normalized spacial score (nSPS) is 20.1. The molecule has 8 nitrogen and oxygen atoms in total. The Hall–Kier alpha value is -3.34. The number of aromatic nitrogens is 1. The van der Waals surface area contributed by atoms with E-state index in [1.807, 2.05) is 19.1 Å². The van der Waals surface area contributed by atoms with E-state index < -0.39 is 28.0 Å². The second kappa shape index (κ2) is 11.0. The Balaban J connectivity index is 1.74. The molecule has 196 valence electrons. The van der Waals surface area contributed by atoms with Crippen molar-refractivity contribution in [2.24, 2.45) is 5.92 Å². The number of halogens is 1. The third-order valence-corrected chi connectivity index (χ3v) is 8.57. The van der Waals surface area contributed by atoms with Gasteiger partial charge in [0.25, 0.3) is 5.91 Å². The molecule has 2 aromatic carbocycles. The van der Waals surface area contributed by atoms with Crippen molar-refractivity contribution in [1.82, 2.24) is 14.2 Å². The molecular weight excluding hydrogens is 497 g/mol. The molecule has 37 heavy (non-hydrogen) atoms. The van der Waals surface area contributed by atoms with Crippen LogP contribution >= 0.6 is 0 Å². The number of carbonyl (C=O) groups is 1. The van der Waals surface area contributed by atoms with Gasteiger partial charge in [0.2, 0.25) is 10.0 Å². The number of hydrogen-bond donors (Lipinski definition) is 1. The van der Waals surface area contributed by atoms with Crippen molar-refractivity contribution in [3.8, 4) is 16.9 Å². The lowest BCUT2D eigenvalue weighted by Crippen LogP contribution is -2.50. The largest absolute Gasteiger partial charge is 0.487 e. The van der Waals surface area contributed by atoms with Gasteiger partial charge in [0, 0.05) is 43.5 Å². The quantitative estimate of drug-likeness (QED) is 0.527. The highest BCUT2D eigenvalue weighted by molar-refractivity contribution is 7.89. The lowest BCUT2D eigenvalue weighted by molar-refractivity contribution is 0.0563. The Labute approximate surface area is 216 Å². The van der Waals surface area contributed by atoms with E-state index in [1.165, 1.54) is 39.5 Å². The van der Waals surface area contributed by atoms with Gasteiger partial charge in [-0.15, -0.1) is 0 Å². The highest BCUT2D eigenvalue weighted by atomic mass is 32.2. The predicted octanol–water partition coefficient (Wildman–Crippen LogP) is 3.43. The molecule has 0 saturated carbocycles. The fraction of sp³-hybridized carbons (Fsp3) is 0.333. The molecule has 3 atom stereocenters. The second-order valence-corrected chi connectivity index (χ2v) is 11.2. The monoisotopic (exact) mass is 527 g/mol.